The van der Waals surface area contributed by atoms with Crippen LogP contribution in [0.25, 0.3) is 0 Å². The van der Waals surface area contributed by atoms with Gasteiger partial charge in [0.15, 0.2) is 0 Å². The van der Waals surface area contributed by atoms with Gasteiger partial charge in [0.2, 0.25) is 5.88 Å². The van der Waals surface area contributed by atoms with E-state index in [0.717, 1.165) is 6.42 Å². The van der Waals surface area contributed by atoms with E-state index in [2.05, 4.69) is 9.97 Å². The van der Waals surface area contributed by atoms with Gasteiger partial charge in [0.1, 0.15) is 18.2 Å². The molecule has 1 aromatic rings. The van der Waals surface area contributed by atoms with E-state index >= 15 is 0 Å². The molecule has 0 fully saturated rings. The molecule has 0 aliphatic heterocycles. The summed E-state index contributed by atoms with van der Waals surface area (Å²) in [4.78, 5) is 8.25. The van der Waals surface area contributed by atoms with Gasteiger partial charge in [-0.3, -0.25) is 0 Å². The van der Waals surface area contributed by atoms with Gasteiger partial charge >= 0.3 is 0 Å². The van der Waals surface area contributed by atoms with E-state index in [1.54, 1.807) is 13.2 Å². The number of nitrogens with zero attached hydrogens (tertiary/aromatic N) is 2. The summed E-state index contributed by atoms with van der Waals surface area (Å²) in [5.74, 6) is 1.59. The van der Waals surface area contributed by atoms with Crippen LogP contribution < -0.4 is 10.5 Å². The van der Waals surface area contributed by atoms with Crippen molar-refractivity contribution in [2.75, 3.05) is 39.3 Å². The second-order valence-electron chi connectivity index (χ2n) is 3.35. The van der Waals surface area contributed by atoms with E-state index in [1.165, 1.54) is 0 Å². The van der Waals surface area contributed by atoms with Gasteiger partial charge in [0, 0.05) is 19.6 Å². The second-order valence-corrected chi connectivity index (χ2v) is 3.35. The summed E-state index contributed by atoms with van der Waals surface area (Å²) in [6.45, 7) is 4.04. The molecule has 2 N–H and O–H groups in total. The zero-order chi connectivity index (χ0) is 12.5. The van der Waals surface area contributed by atoms with E-state index < -0.39 is 0 Å². The molecule has 0 spiro atoms. The summed E-state index contributed by atoms with van der Waals surface area (Å²) in [5, 5.41) is 0. The van der Waals surface area contributed by atoms with E-state index in [9.17, 15) is 0 Å². The number of nitrogens with two attached hydrogens (primary N) is 1. The average molecular weight is 241 g/mol. The van der Waals surface area contributed by atoms with Crippen molar-refractivity contribution < 1.29 is 14.2 Å². The lowest BCUT2D eigenvalue weighted by Gasteiger charge is -2.07. The maximum Gasteiger partial charge on any atom is 0.218 e. The van der Waals surface area contributed by atoms with Gasteiger partial charge in [0.25, 0.3) is 0 Å². The van der Waals surface area contributed by atoms with Crippen LogP contribution in [0, 0.1) is 0 Å². The fourth-order valence-corrected chi connectivity index (χ4v) is 1.17. The predicted octanol–water partition coefficient (Wildman–Crippen LogP) is 0.663. The number of anilines is 1. The summed E-state index contributed by atoms with van der Waals surface area (Å²) in [6, 6.07) is 1.61. The van der Waals surface area contributed by atoms with Crippen LogP contribution in [0.1, 0.15) is 12.7 Å². The van der Waals surface area contributed by atoms with Crippen molar-refractivity contribution in [3.05, 3.63) is 11.9 Å². The average Bonchev–Trinajstić information content (AvgIpc) is 2.33. The number of hydrogen-bond donors (Lipinski definition) is 1. The highest BCUT2D eigenvalue weighted by atomic mass is 16.5. The molecule has 0 aromatic carbocycles. The van der Waals surface area contributed by atoms with Crippen LogP contribution in [0.5, 0.6) is 5.88 Å². The minimum Gasteiger partial charge on any atom is -0.475 e. The molecule has 6 heteroatoms. The molecule has 1 rings (SSSR count). The summed E-state index contributed by atoms with van der Waals surface area (Å²) >= 11 is 0. The lowest BCUT2D eigenvalue weighted by Crippen LogP contribution is -2.11. The topological polar surface area (TPSA) is 79.5 Å². The van der Waals surface area contributed by atoms with Gasteiger partial charge in [-0.1, -0.05) is 6.92 Å². The second kappa shape index (κ2) is 7.81. The van der Waals surface area contributed by atoms with Gasteiger partial charge in [-0.2, -0.15) is 4.98 Å². The lowest BCUT2D eigenvalue weighted by molar-refractivity contribution is 0.0536. The Morgan fingerprint density at radius 3 is 2.65 bits per heavy atom. The van der Waals surface area contributed by atoms with Crippen LogP contribution in [0.3, 0.4) is 0 Å². The largest absolute Gasteiger partial charge is 0.475 e. The summed E-state index contributed by atoms with van der Waals surface area (Å²) < 4.78 is 15.5. The number of hydrogen-bond acceptors (Lipinski definition) is 6. The van der Waals surface area contributed by atoms with Gasteiger partial charge in [-0.05, 0) is 0 Å². The van der Waals surface area contributed by atoms with E-state index in [-0.39, 0.29) is 0 Å². The van der Waals surface area contributed by atoms with Gasteiger partial charge in [0.05, 0.1) is 19.8 Å². The first-order chi connectivity index (χ1) is 8.26. The number of aromatic nitrogens is 2. The highest BCUT2D eigenvalue weighted by Gasteiger charge is 2.01. The maximum atomic E-state index is 5.63. The Labute approximate surface area is 101 Å². The normalized spacial score (nSPS) is 10.5. The monoisotopic (exact) mass is 241 g/mol. The third-order valence-electron chi connectivity index (χ3n) is 1.99. The number of rotatable bonds is 8. The van der Waals surface area contributed by atoms with Crippen molar-refractivity contribution in [2.45, 2.75) is 13.3 Å². The molecule has 0 bridgehead atoms. The summed E-state index contributed by atoms with van der Waals surface area (Å²) in [5.41, 5.74) is 5.63. The van der Waals surface area contributed by atoms with Crippen molar-refractivity contribution in [1.29, 1.82) is 0 Å². The fourth-order valence-electron chi connectivity index (χ4n) is 1.17. The minimum atomic E-state index is 0.423. The molecule has 0 unspecified atom stereocenters. The first kappa shape index (κ1) is 13.7. The molecule has 17 heavy (non-hydrogen) atoms. The molecule has 1 aromatic heterocycles. The lowest BCUT2D eigenvalue weighted by atomic mass is 10.4. The summed E-state index contributed by atoms with van der Waals surface area (Å²) in [7, 11) is 1.63. The van der Waals surface area contributed by atoms with Crippen LogP contribution in [0.4, 0.5) is 5.82 Å². The molecular weight excluding hydrogens is 222 g/mol. The molecule has 0 aliphatic rings. The molecule has 0 atom stereocenters. The molecule has 96 valence electrons. The molecule has 0 saturated heterocycles. The van der Waals surface area contributed by atoms with Crippen molar-refractivity contribution >= 4 is 5.82 Å². The SMILES string of the molecule is CCc1nc(N)cc(OCCOCCOC)n1. The van der Waals surface area contributed by atoms with E-state index in [4.69, 9.17) is 19.9 Å². The highest BCUT2D eigenvalue weighted by molar-refractivity contribution is 5.32. The third-order valence-corrected chi connectivity index (χ3v) is 1.99. The quantitative estimate of drug-likeness (QED) is 0.674. The molecule has 0 radical (unpaired) electrons. The van der Waals surface area contributed by atoms with Crippen LogP contribution >= 0.6 is 0 Å². The molecule has 1 heterocycles. The maximum absolute atomic E-state index is 5.63. The van der Waals surface area contributed by atoms with Crippen molar-refractivity contribution in [1.82, 2.24) is 9.97 Å². The molecule has 6 nitrogen and oxygen atoms in total. The number of nitrogen functional groups attached to an aromatic ring is 1. The number of ether oxygens (including phenoxy) is 3. The zero-order valence-electron chi connectivity index (χ0n) is 10.3. The first-order valence-corrected chi connectivity index (χ1v) is 5.59. The Bertz CT molecular complexity index is 334. The molecule has 0 saturated carbocycles. The fraction of sp³-hybridized carbons (Fsp3) is 0.636. The Kier molecular flexibility index (Phi) is 6.27. The highest BCUT2D eigenvalue weighted by Crippen LogP contribution is 2.10. The van der Waals surface area contributed by atoms with Crippen molar-refractivity contribution in [3.63, 3.8) is 0 Å². The van der Waals surface area contributed by atoms with Crippen molar-refractivity contribution in [3.8, 4) is 5.88 Å². The Morgan fingerprint density at radius 2 is 1.94 bits per heavy atom. The summed E-state index contributed by atoms with van der Waals surface area (Å²) in [6.07, 6.45) is 0.728. The molecule has 0 amide bonds. The number of methoxy groups -OCH3 is 1. The van der Waals surface area contributed by atoms with E-state index in [1.807, 2.05) is 6.92 Å². The van der Waals surface area contributed by atoms with Crippen LogP contribution in [0.15, 0.2) is 6.07 Å². The zero-order valence-corrected chi connectivity index (χ0v) is 10.3. The van der Waals surface area contributed by atoms with Gasteiger partial charge in [-0.25, -0.2) is 4.98 Å². The van der Waals surface area contributed by atoms with Crippen LogP contribution in [-0.4, -0.2) is 43.5 Å². The van der Waals surface area contributed by atoms with E-state index in [0.29, 0.717) is 43.9 Å². The Balaban J connectivity index is 2.28. The predicted molar refractivity (Wildman–Crippen MR) is 64.0 cm³/mol. The standard InChI is InChI=1S/C11H19N3O3/c1-3-10-13-9(12)8-11(14-10)17-7-6-16-5-4-15-2/h8H,3-7H2,1-2H3,(H2,12,13,14). The minimum absolute atomic E-state index is 0.423. The third kappa shape index (κ3) is 5.46. The van der Waals surface area contributed by atoms with Gasteiger partial charge in [-0.15, -0.1) is 0 Å². The Morgan fingerprint density at radius 1 is 1.18 bits per heavy atom. The van der Waals surface area contributed by atoms with Crippen molar-refractivity contribution in [2.24, 2.45) is 0 Å². The first-order valence-electron chi connectivity index (χ1n) is 5.59. The van der Waals surface area contributed by atoms with Crippen LogP contribution in [-0.2, 0) is 15.9 Å². The van der Waals surface area contributed by atoms with Crippen LogP contribution in [0.2, 0.25) is 0 Å². The smallest absolute Gasteiger partial charge is 0.218 e. The molecule has 0 aliphatic carbocycles. The number of aryl methyl sites for hydroxylation is 1. The Hall–Kier alpha value is -1.40. The molecular formula is C11H19N3O3. The van der Waals surface area contributed by atoms with Gasteiger partial charge < -0.3 is 19.9 Å².